The summed E-state index contributed by atoms with van der Waals surface area (Å²) in [5, 5.41) is 10.8. The van der Waals surface area contributed by atoms with E-state index in [1.165, 1.54) is 19.2 Å². The van der Waals surface area contributed by atoms with Crippen LogP contribution in [0, 0.1) is 24.0 Å². The van der Waals surface area contributed by atoms with Gasteiger partial charge in [-0.05, 0) is 31.5 Å². The second kappa shape index (κ2) is 8.44. The van der Waals surface area contributed by atoms with E-state index in [1.54, 1.807) is 26.0 Å². The van der Waals surface area contributed by atoms with Crippen LogP contribution in [0.4, 0.5) is 11.4 Å². The number of nitro benzene ring substituents is 1. The molecule has 2 aromatic rings. The summed E-state index contributed by atoms with van der Waals surface area (Å²) < 4.78 is 4.79. The predicted molar refractivity (Wildman–Crippen MR) is 108 cm³/mol. The number of hydrogen-bond donors (Lipinski definition) is 1. The van der Waals surface area contributed by atoms with Crippen molar-refractivity contribution in [2.24, 2.45) is 0 Å². The van der Waals surface area contributed by atoms with Crippen molar-refractivity contribution in [2.75, 3.05) is 44.7 Å². The number of rotatable bonds is 6. The maximum absolute atomic E-state index is 12.8. The molecule has 0 amide bonds. The number of hydrogen-bond acceptors (Lipinski definition) is 7. The number of nitrogens with one attached hydrogen (secondary N) is 1. The number of aromatic nitrogens is 1. The van der Waals surface area contributed by atoms with E-state index in [1.807, 2.05) is 0 Å². The van der Waals surface area contributed by atoms with E-state index >= 15 is 0 Å². The first kappa shape index (κ1) is 20.5. The molecule has 0 bridgehead atoms. The molecule has 154 valence electrons. The molecule has 1 fully saturated rings. The molecular formula is C20H24N4O5. The number of ether oxygens (including phenoxy) is 1. The standard InChI is InChI=1S/C20H24N4O5/c1-13-18(20(26)29-3)14(2)21-19(13)17(25)12-22-8-10-23(11-9-22)15-4-6-16(7-5-15)24(27)28/h4-7,21H,8-12H2,1-3H3. The lowest BCUT2D eigenvalue weighted by Gasteiger charge is -2.35. The van der Waals surface area contributed by atoms with Gasteiger partial charge in [0, 0.05) is 49.7 Å². The molecule has 1 aliphatic heterocycles. The normalized spacial score (nSPS) is 14.7. The van der Waals surface area contributed by atoms with Gasteiger partial charge in [-0.25, -0.2) is 4.79 Å². The van der Waals surface area contributed by atoms with Gasteiger partial charge in [0.25, 0.3) is 5.69 Å². The van der Waals surface area contributed by atoms with Crippen LogP contribution in [0.1, 0.15) is 32.1 Å². The van der Waals surface area contributed by atoms with Gasteiger partial charge in [-0.1, -0.05) is 0 Å². The summed E-state index contributed by atoms with van der Waals surface area (Å²) in [6, 6.07) is 6.50. The van der Waals surface area contributed by atoms with Crippen LogP contribution in [-0.2, 0) is 4.74 Å². The Bertz CT molecular complexity index is 927. The summed E-state index contributed by atoms with van der Waals surface area (Å²) in [6.45, 7) is 6.60. The molecule has 3 rings (SSSR count). The SMILES string of the molecule is COC(=O)c1c(C)[nH]c(C(=O)CN2CCN(c3ccc([N+](=O)[O-])cc3)CC2)c1C. The molecule has 0 spiro atoms. The maximum atomic E-state index is 12.8. The third-order valence-electron chi connectivity index (χ3n) is 5.27. The Morgan fingerprint density at radius 3 is 2.31 bits per heavy atom. The highest BCUT2D eigenvalue weighted by atomic mass is 16.6. The fourth-order valence-corrected chi connectivity index (χ4v) is 3.67. The van der Waals surface area contributed by atoms with Crippen LogP contribution < -0.4 is 4.90 Å². The molecule has 1 saturated heterocycles. The van der Waals surface area contributed by atoms with E-state index in [9.17, 15) is 19.7 Å². The van der Waals surface area contributed by atoms with Crippen molar-refractivity contribution in [2.45, 2.75) is 13.8 Å². The topological polar surface area (TPSA) is 109 Å². The highest BCUT2D eigenvalue weighted by molar-refractivity contribution is 6.02. The number of benzene rings is 1. The van der Waals surface area contributed by atoms with Crippen LogP contribution >= 0.6 is 0 Å². The zero-order valence-electron chi connectivity index (χ0n) is 16.7. The van der Waals surface area contributed by atoms with Gasteiger partial charge in [-0.3, -0.25) is 19.8 Å². The highest BCUT2D eigenvalue weighted by Crippen LogP contribution is 2.22. The minimum absolute atomic E-state index is 0.0652. The zero-order chi connectivity index (χ0) is 21.1. The number of H-pyrrole nitrogens is 1. The number of carbonyl (C=O) groups excluding carboxylic acids is 2. The van der Waals surface area contributed by atoms with Crippen LogP contribution in [0.2, 0.25) is 0 Å². The molecule has 9 nitrogen and oxygen atoms in total. The van der Waals surface area contributed by atoms with Crippen molar-refractivity contribution in [1.29, 1.82) is 0 Å². The number of esters is 1. The van der Waals surface area contributed by atoms with Gasteiger partial charge in [0.05, 0.1) is 29.8 Å². The summed E-state index contributed by atoms with van der Waals surface area (Å²) in [6.07, 6.45) is 0. The lowest BCUT2D eigenvalue weighted by molar-refractivity contribution is -0.384. The van der Waals surface area contributed by atoms with Gasteiger partial charge >= 0.3 is 5.97 Å². The number of Topliss-reactive ketones (excluding diaryl/α,β-unsaturated/α-hetero) is 1. The average Bonchev–Trinajstić information content (AvgIpc) is 3.02. The number of aryl methyl sites for hydroxylation is 1. The van der Waals surface area contributed by atoms with Gasteiger partial charge in [0.15, 0.2) is 5.78 Å². The number of nitro groups is 1. The van der Waals surface area contributed by atoms with Gasteiger partial charge in [-0.15, -0.1) is 0 Å². The van der Waals surface area contributed by atoms with Crippen LogP contribution in [0.25, 0.3) is 0 Å². The largest absolute Gasteiger partial charge is 0.465 e. The van der Waals surface area contributed by atoms with Gasteiger partial charge in [-0.2, -0.15) is 0 Å². The highest BCUT2D eigenvalue weighted by Gasteiger charge is 2.25. The molecular weight excluding hydrogens is 376 g/mol. The van der Waals surface area contributed by atoms with Crippen molar-refractivity contribution >= 4 is 23.1 Å². The number of ketones is 1. The van der Waals surface area contributed by atoms with Crippen LogP contribution in [0.5, 0.6) is 0 Å². The summed E-state index contributed by atoms with van der Waals surface area (Å²) in [5.74, 6) is -0.517. The van der Waals surface area contributed by atoms with Crippen molar-refractivity contribution in [3.8, 4) is 0 Å². The maximum Gasteiger partial charge on any atom is 0.339 e. The molecule has 9 heteroatoms. The molecule has 0 radical (unpaired) electrons. The van der Waals surface area contributed by atoms with Crippen molar-refractivity contribution in [3.05, 3.63) is 56.9 Å². The van der Waals surface area contributed by atoms with E-state index in [4.69, 9.17) is 4.74 Å². The minimum atomic E-state index is -0.452. The zero-order valence-corrected chi connectivity index (χ0v) is 16.7. The summed E-state index contributed by atoms with van der Waals surface area (Å²) in [7, 11) is 1.32. The first-order valence-corrected chi connectivity index (χ1v) is 9.34. The Kier molecular flexibility index (Phi) is 5.97. The minimum Gasteiger partial charge on any atom is -0.465 e. The second-order valence-electron chi connectivity index (χ2n) is 7.08. The Labute approximate surface area is 168 Å². The Morgan fingerprint density at radius 2 is 1.76 bits per heavy atom. The fourth-order valence-electron chi connectivity index (χ4n) is 3.67. The average molecular weight is 400 g/mol. The van der Waals surface area contributed by atoms with E-state index in [0.29, 0.717) is 35.6 Å². The monoisotopic (exact) mass is 400 g/mol. The van der Waals surface area contributed by atoms with E-state index in [0.717, 1.165) is 18.8 Å². The molecule has 0 unspecified atom stereocenters. The molecule has 1 N–H and O–H groups in total. The second-order valence-corrected chi connectivity index (χ2v) is 7.08. The Morgan fingerprint density at radius 1 is 1.14 bits per heavy atom. The Hall–Kier alpha value is -3.20. The van der Waals surface area contributed by atoms with Gasteiger partial charge in [0.2, 0.25) is 0 Å². The molecule has 29 heavy (non-hydrogen) atoms. The Balaban J connectivity index is 1.60. The lowest BCUT2D eigenvalue weighted by atomic mass is 10.1. The molecule has 0 aliphatic carbocycles. The first-order chi connectivity index (χ1) is 13.8. The molecule has 2 heterocycles. The quantitative estimate of drug-likeness (QED) is 0.343. The van der Waals surface area contributed by atoms with Crippen LogP contribution in [0.15, 0.2) is 24.3 Å². The van der Waals surface area contributed by atoms with Crippen molar-refractivity contribution < 1.29 is 19.2 Å². The van der Waals surface area contributed by atoms with E-state index in [2.05, 4.69) is 14.8 Å². The molecule has 1 aromatic heterocycles. The number of carbonyl (C=O) groups is 2. The van der Waals surface area contributed by atoms with Gasteiger partial charge in [0.1, 0.15) is 0 Å². The predicted octanol–water partition coefficient (Wildman–Crippen LogP) is 2.33. The smallest absolute Gasteiger partial charge is 0.339 e. The third kappa shape index (κ3) is 4.29. The number of aromatic amines is 1. The summed E-state index contributed by atoms with van der Waals surface area (Å²) in [5.41, 5.74) is 3.10. The first-order valence-electron chi connectivity index (χ1n) is 9.34. The van der Waals surface area contributed by atoms with Crippen LogP contribution in [0.3, 0.4) is 0 Å². The number of anilines is 1. The van der Waals surface area contributed by atoms with Crippen molar-refractivity contribution in [1.82, 2.24) is 9.88 Å². The summed E-state index contributed by atoms with van der Waals surface area (Å²) >= 11 is 0. The molecule has 1 aliphatic rings. The third-order valence-corrected chi connectivity index (χ3v) is 5.27. The van der Waals surface area contributed by atoms with Gasteiger partial charge < -0.3 is 14.6 Å². The summed E-state index contributed by atoms with van der Waals surface area (Å²) in [4.78, 5) is 42.3. The van der Waals surface area contributed by atoms with Crippen LogP contribution in [-0.4, -0.2) is 66.4 Å². The fraction of sp³-hybridized carbons (Fsp3) is 0.400. The number of non-ortho nitro benzene ring substituents is 1. The number of piperazine rings is 1. The molecule has 0 atom stereocenters. The van der Waals surface area contributed by atoms with Crippen molar-refractivity contribution in [3.63, 3.8) is 0 Å². The molecule has 1 aromatic carbocycles. The molecule has 0 saturated carbocycles. The van der Waals surface area contributed by atoms with E-state index in [-0.39, 0.29) is 18.0 Å². The lowest BCUT2D eigenvalue weighted by Crippen LogP contribution is -2.48. The number of methoxy groups -OCH3 is 1. The number of nitrogens with zero attached hydrogens (tertiary/aromatic N) is 3. The van der Waals surface area contributed by atoms with E-state index < -0.39 is 10.9 Å².